The molecule has 0 saturated heterocycles. The van der Waals surface area contributed by atoms with Crippen molar-refractivity contribution in [3.63, 3.8) is 0 Å². The zero-order valence-electron chi connectivity index (χ0n) is 9.77. The Bertz CT molecular complexity index is 671. The number of aromatic nitrogens is 2. The van der Waals surface area contributed by atoms with E-state index in [2.05, 4.69) is 29.9 Å². The van der Waals surface area contributed by atoms with Crippen LogP contribution in [-0.4, -0.2) is 9.97 Å². The summed E-state index contributed by atoms with van der Waals surface area (Å²) in [6.45, 7) is 4.12. The minimum atomic E-state index is 0.627. The van der Waals surface area contributed by atoms with Crippen LogP contribution in [0.1, 0.15) is 11.1 Å². The van der Waals surface area contributed by atoms with E-state index in [1.807, 2.05) is 18.2 Å². The van der Waals surface area contributed by atoms with E-state index in [0.29, 0.717) is 5.89 Å². The van der Waals surface area contributed by atoms with Crippen molar-refractivity contribution in [2.45, 2.75) is 13.8 Å². The Labute approximate surface area is 99.1 Å². The van der Waals surface area contributed by atoms with Gasteiger partial charge in [0.05, 0.1) is 5.56 Å². The van der Waals surface area contributed by atoms with Gasteiger partial charge in [-0.05, 0) is 43.2 Å². The third-order valence-corrected chi connectivity index (χ3v) is 2.99. The largest absolute Gasteiger partial charge is 0.436 e. The maximum atomic E-state index is 5.81. The normalized spacial score (nSPS) is 10.9. The summed E-state index contributed by atoms with van der Waals surface area (Å²) in [6, 6.07) is 7.87. The summed E-state index contributed by atoms with van der Waals surface area (Å²) in [5.41, 5.74) is 5.02. The van der Waals surface area contributed by atoms with Gasteiger partial charge in [-0.3, -0.25) is 4.98 Å². The third kappa shape index (κ3) is 1.60. The quantitative estimate of drug-likeness (QED) is 0.635. The van der Waals surface area contributed by atoms with Crippen LogP contribution in [0.4, 0.5) is 0 Å². The molecule has 84 valence electrons. The van der Waals surface area contributed by atoms with Crippen molar-refractivity contribution in [1.29, 1.82) is 0 Å². The van der Waals surface area contributed by atoms with Crippen molar-refractivity contribution in [2.75, 3.05) is 0 Å². The van der Waals surface area contributed by atoms with Gasteiger partial charge >= 0.3 is 0 Å². The van der Waals surface area contributed by atoms with Crippen LogP contribution >= 0.6 is 0 Å². The van der Waals surface area contributed by atoms with Gasteiger partial charge in [0.15, 0.2) is 5.58 Å². The van der Waals surface area contributed by atoms with Crippen LogP contribution in [0.15, 0.2) is 41.1 Å². The summed E-state index contributed by atoms with van der Waals surface area (Å²) < 4.78 is 5.81. The molecule has 0 aliphatic heterocycles. The van der Waals surface area contributed by atoms with Gasteiger partial charge in [-0.2, -0.15) is 0 Å². The van der Waals surface area contributed by atoms with Crippen LogP contribution in [0.3, 0.4) is 0 Å². The minimum Gasteiger partial charge on any atom is -0.436 e. The number of aryl methyl sites for hydroxylation is 2. The number of oxazole rings is 1. The topological polar surface area (TPSA) is 38.9 Å². The molecule has 0 fully saturated rings. The fourth-order valence-electron chi connectivity index (χ4n) is 1.83. The molecule has 0 bridgehead atoms. The zero-order chi connectivity index (χ0) is 11.8. The molecule has 1 aromatic carbocycles. The van der Waals surface area contributed by atoms with E-state index in [-0.39, 0.29) is 0 Å². The number of benzene rings is 1. The zero-order valence-corrected chi connectivity index (χ0v) is 9.77. The van der Waals surface area contributed by atoms with E-state index in [0.717, 1.165) is 22.2 Å². The Hall–Kier alpha value is -2.16. The second-order valence-corrected chi connectivity index (χ2v) is 4.12. The number of nitrogens with zero attached hydrogens (tertiary/aromatic N) is 2. The second kappa shape index (κ2) is 3.70. The van der Waals surface area contributed by atoms with Crippen molar-refractivity contribution >= 4 is 11.1 Å². The van der Waals surface area contributed by atoms with E-state index in [4.69, 9.17) is 4.42 Å². The van der Waals surface area contributed by atoms with E-state index >= 15 is 0 Å². The molecule has 3 rings (SSSR count). The first-order chi connectivity index (χ1) is 8.25. The third-order valence-electron chi connectivity index (χ3n) is 2.99. The van der Waals surface area contributed by atoms with Gasteiger partial charge in [0.25, 0.3) is 0 Å². The Morgan fingerprint density at radius 1 is 1.12 bits per heavy atom. The highest BCUT2D eigenvalue weighted by molar-refractivity contribution is 5.80. The van der Waals surface area contributed by atoms with Gasteiger partial charge in [-0.1, -0.05) is 6.07 Å². The molecule has 3 aromatic rings. The maximum Gasteiger partial charge on any atom is 0.228 e. The minimum absolute atomic E-state index is 0.627. The number of hydrogen-bond acceptors (Lipinski definition) is 3. The van der Waals surface area contributed by atoms with Gasteiger partial charge in [0.1, 0.15) is 5.52 Å². The first-order valence-electron chi connectivity index (χ1n) is 5.53. The molecular formula is C14H12N2O. The number of fused-ring (bicyclic) bond motifs is 1. The van der Waals surface area contributed by atoms with E-state index in [9.17, 15) is 0 Å². The lowest BCUT2D eigenvalue weighted by atomic mass is 10.1. The first-order valence-corrected chi connectivity index (χ1v) is 5.53. The average Bonchev–Trinajstić information content (AvgIpc) is 2.80. The predicted octanol–water partition coefficient (Wildman–Crippen LogP) is 3.51. The summed E-state index contributed by atoms with van der Waals surface area (Å²) in [6.07, 6.45) is 3.49. The molecule has 3 nitrogen and oxygen atoms in total. The standard InChI is InChI=1S/C14H12N2O/c1-9-5-6-12-13(10(9)2)17-14(16-12)11-4-3-7-15-8-11/h3-8H,1-2H3. The molecule has 0 spiro atoms. The van der Waals surface area contributed by atoms with E-state index in [1.54, 1.807) is 12.4 Å². The summed E-state index contributed by atoms with van der Waals surface area (Å²) in [5.74, 6) is 0.627. The van der Waals surface area contributed by atoms with Crippen LogP contribution < -0.4 is 0 Å². The Balaban J connectivity index is 2.24. The lowest BCUT2D eigenvalue weighted by Crippen LogP contribution is -1.79. The fourth-order valence-corrected chi connectivity index (χ4v) is 1.83. The molecule has 2 aromatic heterocycles. The summed E-state index contributed by atoms with van der Waals surface area (Å²) in [4.78, 5) is 8.55. The molecule has 0 aliphatic rings. The molecule has 17 heavy (non-hydrogen) atoms. The van der Waals surface area contributed by atoms with Crippen molar-refractivity contribution in [1.82, 2.24) is 9.97 Å². The Morgan fingerprint density at radius 2 is 2.00 bits per heavy atom. The predicted molar refractivity (Wildman–Crippen MR) is 66.7 cm³/mol. The van der Waals surface area contributed by atoms with Gasteiger partial charge < -0.3 is 4.42 Å². The highest BCUT2D eigenvalue weighted by Gasteiger charge is 2.10. The molecule has 0 atom stereocenters. The smallest absolute Gasteiger partial charge is 0.228 e. The SMILES string of the molecule is Cc1ccc2nc(-c3cccnc3)oc2c1C. The van der Waals surface area contributed by atoms with Crippen molar-refractivity contribution in [3.05, 3.63) is 47.8 Å². The number of pyridine rings is 1. The highest BCUT2D eigenvalue weighted by Crippen LogP contribution is 2.27. The van der Waals surface area contributed by atoms with Gasteiger partial charge in [0, 0.05) is 12.4 Å². The van der Waals surface area contributed by atoms with Crippen molar-refractivity contribution < 1.29 is 4.42 Å². The number of rotatable bonds is 1. The average molecular weight is 224 g/mol. The van der Waals surface area contributed by atoms with Crippen LogP contribution in [-0.2, 0) is 0 Å². The molecule has 0 unspecified atom stereocenters. The fraction of sp³-hybridized carbons (Fsp3) is 0.143. The van der Waals surface area contributed by atoms with Gasteiger partial charge in [0.2, 0.25) is 5.89 Å². The lowest BCUT2D eigenvalue weighted by Gasteiger charge is -1.97. The van der Waals surface area contributed by atoms with Gasteiger partial charge in [-0.15, -0.1) is 0 Å². The Morgan fingerprint density at radius 3 is 2.76 bits per heavy atom. The molecule has 0 aliphatic carbocycles. The summed E-state index contributed by atoms with van der Waals surface area (Å²) >= 11 is 0. The molecule has 2 heterocycles. The molecule has 0 N–H and O–H groups in total. The van der Waals surface area contributed by atoms with Crippen molar-refractivity contribution in [3.8, 4) is 11.5 Å². The van der Waals surface area contributed by atoms with Gasteiger partial charge in [-0.25, -0.2) is 4.98 Å². The Kier molecular flexibility index (Phi) is 2.18. The molecular weight excluding hydrogens is 212 g/mol. The van der Waals surface area contributed by atoms with E-state index in [1.165, 1.54) is 5.56 Å². The molecule has 3 heteroatoms. The van der Waals surface area contributed by atoms with E-state index < -0.39 is 0 Å². The molecule has 0 saturated carbocycles. The highest BCUT2D eigenvalue weighted by atomic mass is 16.3. The monoisotopic (exact) mass is 224 g/mol. The van der Waals surface area contributed by atoms with Crippen LogP contribution in [0.25, 0.3) is 22.6 Å². The van der Waals surface area contributed by atoms with Crippen LogP contribution in [0.5, 0.6) is 0 Å². The van der Waals surface area contributed by atoms with Crippen LogP contribution in [0.2, 0.25) is 0 Å². The first kappa shape index (κ1) is 10.0. The van der Waals surface area contributed by atoms with Crippen LogP contribution in [0, 0.1) is 13.8 Å². The maximum absolute atomic E-state index is 5.81. The van der Waals surface area contributed by atoms with Crippen molar-refractivity contribution in [2.24, 2.45) is 0 Å². The second-order valence-electron chi connectivity index (χ2n) is 4.12. The molecule has 0 amide bonds. The summed E-state index contributed by atoms with van der Waals surface area (Å²) in [7, 11) is 0. The lowest BCUT2D eigenvalue weighted by molar-refractivity contribution is 0.616. The number of hydrogen-bond donors (Lipinski definition) is 0. The summed E-state index contributed by atoms with van der Waals surface area (Å²) in [5, 5.41) is 0. The molecule has 0 radical (unpaired) electrons.